The van der Waals surface area contributed by atoms with E-state index in [-0.39, 0.29) is 55.6 Å². The van der Waals surface area contributed by atoms with Gasteiger partial charge in [-0.15, -0.1) is 0 Å². The van der Waals surface area contributed by atoms with E-state index in [9.17, 15) is 22.0 Å². The zero-order chi connectivity index (χ0) is 31.5. The van der Waals surface area contributed by atoms with Gasteiger partial charge >= 0.3 is 0 Å². The second-order valence-electron chi connectivity index (χ2n) is 12.1. The number of nitrogens with one attached hydrogen (secondary N) is 2. The first-order valence-electron chi connectivity index (χ1n) is 15.2. The highest BCUT2D eigenvalue weighted by Crippen LogP contribution is 2.54. The lowest BCUT2D eigenvalue weighted by molar-refractivity contribution is -0.0221. The number of hydrogen-bond acceptors (Lipinski definition) is 9. The Kier molecular flexibility index (Phi) is 8.87. The molecule has 45 heavy (non-hydrogen) atoms. The number of benzene rings is 1. The summed E-state index contributed by atoms with van der Waals surface area (Å²) in [7, 11) is -3.76. The topological polar surface area (TPSA) is 130 Å². The Labute approximate surface area is 261 Å². The number of carbonyl (C=O) groups excluding carboxylic acids is 1. The highest BCUT2D eigenvalue weighted by Gasteiger charge is 2.45. The van der Waals surface area contributed by atoms with E-state index in [4.69, 9.17) is 4.74 Å². The van der Waals surface area contributed by atoms with Crippen LogP contribution in [-0.4, -0.2) is 73.7 Å². The van der Waals surface area contributed by atoms with Gasteiger partial charge in [0.2, 0.25) is 16.0 Å². The first kappa shape index (κ1) is 31.1. The van der Waals surface area contributed by atoms with E-state index < -0.39 is 21.9 Å². The van der Waals surface area contributed by atoms with Crippen LogP contribution in [0.25, 0.3) is 0 Å². The number of nitrogens with zero attached hydrogens (tertiary/aromatic N) is 5. The van der Waals surface area contributed by atoms with Gasteiger partial charge < -0.3 is 14.5 Å². The third-order valence-corrected chi connectivity index (χ3v) is 10.0. The maximum atomic E-state index is 13.6. The molecule has 0 unspecified atom stereocenters. The van der Waals surface area contributed by atoms with Gasteiger partial charge in [0.15, 0.2) is 5.69 Å². The van der Waals surface area contributed by atoms with E-state index in [0.29, 0.717) is 23.5 Å². The van der Waals surface area contributed by atoms with Gasteiger partial charge in [0.1, 0.15) is 5.82 Å². The Bertz CT molecular complexity index is 1600. The summed E-state index contributed by atoms with van der Waals surface area (Å²) in [5.41, 5.74) is 2.21. The smallest absolute Gasteiger partial charge is 0.278 e. The molecule has 2 N–H and O–H groups in total. The van der Waals surface area contributed by atoms with Crippen molar-refractivity contribution in [3.8, 4) is 0 Å². The van der Waals surface area contributed by atoms with E-state index >= 15 is 0 Å². The van der Waals surface area contributed by atoms with Crippen LogP contribution in [0.5, 0.6) is 0 Å². The van der Waals surface area contributed by atoms with Crippen molar-refractivity contribution < 1.29 is 26.7 Å². The van der Waals surface area contributed by atoms with Crippen molar-refractivity contribution in [2.75, 3.05) is 58.4 Å². The summed E-state index contributed by atoms with van der Waals surface area (Å²) < 4.78 is 61.2. The fourth-order valence-corrected chi connectivity index (χ4v) is 6.71. The Balaban J connectivity index is 1.15. The minimum Gasteiger partial charge on any atom is -0.376 e. The van der Waals surface area contributed by atoms with Gasteiger partial charge in [0.05, 0.1) is 36.5 Å². The Morgan fingerprint density at radius 3 is 2.36 bits per heavy atom. The summed E-state index contributed by atoms with van der Waals surface area (Å²) in [6.07, 6.45) is 6.66. The number of amides is 1. The molecule has 0 radical (unpaired) electrons. The van der Waals surface area contributed by atoms with Crippen LogP contribution in [0.15, 0.2) is 54.9 Å². The first-order valence-corrected chi connectivity index (χ1v) is 16.9. The zero-order valence-electron chi connectivity index (χ0n) is 24.9. The van der Waals surface area contributed by atoms with Crippen LogP contribution in [0.2, 0.25) is 0 Å². The predicted molar refractivity (Wildman–Crippen MR) is 167 cm³/mol. The number of sulfonamides is 1. The molecule has 0 bridgehead atoms. The van der Waals surface area contributed by atoms with Crippen LogP contribution >= 0.6 is 0 Å². The van der Waals surface area contributed by atoms with Gasteiger partial charge in [-0.3, -0.25) is 14.8 Å². The quantitative estimate of drug-likeness (QED) is 0.286. The molecular formula is C31H37F2N7O4S. The number of alkyl halides is 2. The summed E-state index contributed by atoms with van der Waals surface area (Å²) in [5.74, 6) is -3.01. The molecule has 1 aliphatic carbocycles. The molecule has 240 valence electrons. The number of pyridine rings is 1. The molecule has 2 aliphatic heterocycles. The lowest BCUT2D eigenvalue weighted by atomic mass is 9.93. The number of carbonyl (C=O) groups is 1. The van der Waals surface area contributed by atoms with Gasteiger partial charge in [-0.05, 0) is 48.8 Å². The van der Waals surface area contributed by atoms with Crippen LogP contribution in [0.4, 0.5) is 31.9 Å². The van der Waals surface area contributed by atoms with Crippen molar-refractivity contribution in [1.29, 1.82) is 0 Å². The van der Waals surface area contributed by atoms with Gasteiger partial charge in [-0.25, -0.2) is 27.2 Å². The van der Waals surface area contributed by atoms with Crippen LogP contribution in [0, 0.1) is 5.41 Å². The summed E-state index contributed by atoms with van der Waals surface area (Å²) in [5, 5.41) is 2.70. The molecule has 1 spiro atoms. The number of hydrogen-bond donors (Lipinski definition) is 2. The van der Waals surface area contributed by atoms with Crippen molar-refractivity contribution in [2.45, 2.75) is 51.1 Å². The average molecular weight is 642 g/mol. The molecule has 3 fully saturated rings. The number of piperidine rings is 2. The SMILES string of the molecule is O=C(Nc1nccc(N2CCC(F)(F)CC2)n1)c1ncc(NS(=O)(=O)CCOCc2ccccc2)cc1N1CCC2(CC1)CC2. The van der Waals surface area contributed by atoms with E-state index in [2.05, 4.69) is 29.9 Å². The van der Waals surface area contributed by atoms with Gasteiger partial charge in [0.25, 0.3) is 11.8 Å². The molecule has 2 aromatic heterocycles. The summed E-state index contributed by atoms with van der Waals surface area (Å²) in [6, 6.07) is 12.8. The average Bonchev–Trinajstić information content (AvgIpc) is 3.78. The molecule has 6 rings (SSSR count). The molecule has 4 heterocycles. The Morgan fingerprint density at radius 2 is 1.64 bits per heavy atom. The Morgan fingerprint density at radius 1 is 0.933 bits per heavy atom. The molecular weight excluding hydrogens is 604 g/mol. The van der Waals surface area contributed by atoms with Crippen molar-refractivity contribution in [3.05, 3.63) is 66.1 Å². The van der Waals surface area contributed by atoms with Gasteiger partial charge in [-0.1, -0.05) is 30.3 Å². The minimum atomic E-state index is -3.76. The molecule has 1 amide bonds. The summed E-state index contributed by atoms with van der Waals surface area (Å²) in [6.45, 7) is 2.06. The van der Waals surface area contributed by atoms with Gasteiger partial charge in [-0.2, -0.15) is 4.98 Å². The van der Waals surface area contributed by atoms with Gasteiger partial charge in [0, 0.05) is 45.2 Å². The largest absolute Gasteiger partial charge is 0.376 e. The predicted octanol–water partition coefficient (Wildman–Crippen LogP) is 4.70. The minimum absolute atomic E-state index is 0.0120. The van der Waals surface area contributed by atoms with Crippen molar-refractivity contribution in [2.24, 2.45) is 5.41 Å². The number of aromatic nitrogens is 3. The monoisotopic (exact) mass is 641 g/mol. The fourth-order valence-electron chi connectivity index (χ4n) is 5.80. The standard InChI is InChI=1S/C31H37F2N7O4S/c32-31(33)11-16-40(17-12-31)26-6-13-34-29(36-26)37-28(41)27-25(39-14-9-30(7-8-30)10-15-39)20-24(21-35-27)38-45(42,43)19-18-44-22-23-4-2-1-3-5-23/h1-6,13,20-21,38H,7-12,14-19,22H2,(H,34,36,37,41). The molecule has 2 saturated heterocycles. The fraction of sp³-hybridized carbons (Fsp3) is 0.484. The van der Waals surface area contributed by atoms with Crippen LogP contribution in [0.1, 0.15) is 54.6 Å². The van der Waals surface area contributed by atoms with Crippen molar-refractivity contribution >= 4 is 39.1 Å². The zero-order valence-corrected chi connectivity index (χ0v) is 25.7. The highest BCUT2D eigenvalue weighted by molar-refractivity contribution is 7.92. The number of ether oxygens (including phenoxy) is 1. The second-order valence-corrected chi connectivity index (χ2v) is 13.9. The third kappa shape index (κ3) is 8.03. The van der Waals surface area contributed by atoms with Crippen molar-refractivity contribution in [1.82, 2.24) is 15.0 Å². The second kappa shape index (κ2) is 12.8. The first-order chi connectivity index (χ1) is 21.6. The molecule has 3 aliphatic rings. The lowest BCUT2D eigenvalue weighted by Gasteiger charge is -2.34. The van der Waals surface area contributed by atoms with Crippen LogP contribution < -0.4 is 19.8 Å². The molecule has 1 aromatic carbocycles. The Hall–Kier alpha value is -3.91. The number of anilines is 4. The normalized spacial score (nSPS) is 18.9. The molecule has 0 atom stereocenters. The van der Waals surface area contributed by atoms with Crippen LogP contribution in [-0.2, 0) is 21.4 Å². The molecule has 3 aromatic rings. The van der Waals surface area contributed by atoms with Crippen LogP contribution in [0.3, 0.4) is 0 Å². The summed E-state index contributed by atoms with van der Waals surface area (Å²) in [4.78, 5) is 30.3. The molecule has 11 nitrogen and oxygen atoms in total. The van der Waals surface area contributed by atoms with Crippen molar-refractivity contribution in [3.63, 3.8) is 0 Å². The van der Waals surface area contributed by atoms with E-state index in [1.54, 1.807) is 17.0 Å². The lowest BCUT2D eigenvalue weighted by Crippen LogP contribution is -2.39. The number of rotatable bonds is 11. The van der Waals surface area contributed by atoms with E-state index in [1.165, 1.54) is 25.2 Å². The number of halogens is 2. The maximum Gasteiger partial charge on any atom is 0.278 e. The van der Waals surface area contributed by atoms with E-state index in [1.807, 2.05) is 30.3 Å². The van der Waals surface area contributed by atoms with E-state index in [0.717, 1.165) is 31.5 Å². The summed E-state index contributed by atoms with van der Waals surface area (Å²) >= 11 is 0. The maximum absolute atomic E-state index is 13.6. The molecule has 1 saturated carbocycles. The highest BCUT2D eigenvalue weighted by atomic mass is 32.2. The molecule has 14 heteroatoms. The third-order valence-electron chi connectivity index (χ3n) is 8.77.